The Labute approximate surface area is 195 Å². The molecule has 2 N–H and O–H groups in total. The maximum atomic E-state index is 13.4. The third kappa shape index (κ3) is 4.34. The molecule has 3 aromatic carbocycles. The lowest BCUT2D eigenvalue weighted by Gasteiger charge is -2.25. The second-order valence-corrected chi connectivity index (χ2v) is 8.22. The van der Waals surface area contributed by atoms with Gasteiger partial charge in [0.15, 0.2) is 0 Å². The molecule has 33 heavy (non-hydrogen) atoms. The number of aryl methyl sites for hydroxylation is 1. The van der Waals surface area contributed by atoms with E-state index in [1.54, 1.807) is 18.2 Å². The van der Waals surface area contributed by atoms with Gasteiger partial charge >= 0.3 is 0 Å². The van der Waals surface area contributed by atoms with Gasteiger partial charge in [0.1, 0.15) is 17.3 Å². The smallest absolute Gasteiger partial charge is 0.295 e. The van der Waals surface area contributed by atoms with Crippen LogP contribution in [0.25, 0.3) is 5.76 Å². The Morgan fingerprint density at radius 1 is 1.00 bits per heavy atom. The quantitative estimate of drug-likeness (QED) is 0.302. The van der Waals surface area contributed by atoms with Crippen molar-refractivity contribution in [2.75, 3.05) is 0 Å². The summed E-state index contributed by atoms with van der Waals surface area (Å²) in [6, 6.07) is 16.1. The summed E-state index contributed by atoms with van der Waals surface area (Å²) in [4.78, 5) is 27.4. The van der Waals surface area contributed by atoms with E-state index in [1.165, 1.54) is 41.3 Å². The predicted molar refractivity (Wildman–Crippen MR) is 123 cm³/mol. The van der Waals surface area contributed by atoms with Gasteiger partial charge < -0.3 is 15.1 Å². The number of nitrogens with zero attached hydrogens (tertiary/aromatic N) is 1. The first kappa shape index (κ1) is 22.6. The molecule has 0 aliphatic carbocycles. The molecule has 1 atom stereocenters. The topological polar surface area (TPSA) is 77.8 Å². The molecule has 168 valence electrons. The number of halogens is 2. The standard InChI is InChI=1S/C26H21ClFNO4/c1-2-15-3-7-17(8-4-15)24(31)22-23(18-9-12-21(30)20(27)13-18)29(26(33)25(22)32)14-16-5-10-19(28)11-6-16/h3-13,23,30-31H,2,14H2,1H3/b24-22-. The Hall–Kier alpha value is -3.64. The number of phenolic OH excluding ortho intramolecular Hbond substituents is 1. The number of carbonyl (C=O) groups excluding carboxylic acids is 2. The molecule has 0 spiro atoms. The second-order valence-electron chi connectivity index (χ2n) is 7.81. The third-order valence-corrected chi connectivity index (χ3v) is 6.03. The van der Waals surface area contributed by atoms with E-state index in [2.05, 4.69) is 0 Å². The Morgan fingerprint density at radius 2 is 1.64 bits per heavy atom. The highest BCUT2D eigenvalue weighted by Gasteiger charge is 2.46. The number of amides is 1. The lowest BCUT2D eigenvalue weighted by atomic mass is 9.94. The average molecular weight is 466 g/mol. The van der Waals surface area contributed by atoms with Crippen molar-refractivity contribution in [1.82, 2.24) is 4.90 Å². The van der Waals surface area contributed by atoms with Crippen molar-refractivity contribution in [3.05, 3.63) is 105 Å². The minimum Gasteiger partial charge on any atom is -0.507 e. The van der Waals surface area contributed by atoms with Crippen LogP contribution in [0.4, 0.5) is 4.39 Å². The number of phenols is 1. The maximum Gasteiger partial charge on any atom is 0.295 e. The molecular formula is C26H21ClFNO4. The molecule has 1 aliphatic heterocycles. The molecule has 1 unspecified atom stereocenters. The molecule has 1 heterocycles. The minimum atomic E-state index is -0.945. The van der Waals surface area contributed by atoms with Crippen molar-refractivity contribution in [1.29, 1.82) is 0 Å². The van der Waals surface area contributed by atoms with Crippen LogP contribution >= 0.6 is 11.6 Å². The number of ketones is 1. The zero-order valence-electron chi connectivity index (χ0n) is 17.8. The monoisotopic (exact) mass is 465 g/mol. The third-order valence-electron chi connectivity index (χ3n) is 5.73. The van der Waals surface area contributed by atoms with E-state index in [9.17, 15) is 24.2 Å². The molecule has 0 radical (unpaired) electrons. The molecule has 3 aromatic rings. The molecular weight excluding hydrogens is 445 g/mol. The van der Waals surface area contributed by atoms with Gasteiger partial charge in [0, 0.05) is 12.1 Å². The summed E-state index contributed by atoms with van der Waals surface area (Å²) in [7, 11) is 0. The summed E-state index contributed by atoms with van der Waals surface area (Å²) in [6.45, 7) is 2.02. The average Bonchev–Trinajstić information content (AvgIpc) is 3.07. The number of aromatic hydroxyl groups is 1. The number of hydrogen-bond donors (Lipinski definition) is 2. The molecule has 0 aromatic heterocycles. The summed E-state index contributed by atoms with van der Waals surface area (Å²) < 4.78 is 13.4. The molecule has 1 saturated heterocycles. The number of Topliss-reactive ketones (excluding diaryl/α,β-unsaturated/α-hetero) is 1. The van der Waals surface area contributed by atoms with E-state index in [1.807, 2.05) is 19.1 Å². The van der Waals surface area contributed by atoms with Crippen molar-refractivity contribution in [3.8, 4) is 5.75 Å². The Bertz CT molecular complexity index is 1250. The lowest BCUT2D eigenvalue weighted by Crippen LogP contribution is -2.29. The summed E-state index contributed by atoms with van der Waals surface area (Å²) in [5.74, 6) is -2.49. The largest absolute Gasteiger partial charge is 0.507 e. The highest BCUT2D eigenvalue weighted by molar-refractivity contribution is 6.46. The van der Waals surface area contributed by atoms with Gasteiger partial charge in [0.25, 0.3) is 11.7 Å². The Balaban J connectivity index is 1.85. The fourth-order valence-corrected chi connectivity index (χ4v) is 4.11. The number of rotatable bonds is 5. The van der Waals surface area contributed by atoms with Crippen LogP contribution in [0, 0.1) is 5.82 Å². The first-order valence-electron chi connectivity index (χ1n) is 10.4. The van der Waals surface area contributed by atoms with E-state index in [4.69, 9.17) is 11.6 Å². The zero-order chi connectivity index (χ0) is 23.7. The molecule has 7 heteroatoms. The van der Waals surface area contributed by atoms with Crippen molar-refractivity contribution < 1.29 is 24.2 Å². The fourth-order valence-electron chi connectivity index (χ4n) is 3.92. The molecule has 1 amide bonds. The number of hydrogen-bond acceptors (Lipinski definition) is 4. The van der Waals surface area contributed by atoms with Gasteiger partial charge in [-0.3, -0.25) is 9.59 Å². The number of carbonyl (C=O) groups is 2. The van der Waals surface area contributed by atoms with Gasteiger partial charge in [0.2, 0.25) is 0 Å². The first-order valence-corrected chi connectivity index (χ1v) is 10.8. The van der Waals surface area contributed by atoms with Gasteiger partial charge in [-0.2, -0.15) is 0 Å². The van der Waals surface area contributed by atoms with Gasteiger partial charge in [-0.05, 0) is 47.4 Å². The van der Waals surface area contributed by atoms with E-state index in [0.29, 0.717) is 16.7 Å². The molecule has 0 saturated carbocycles. The molecule has 4 rings (SSSR count). The van der Waals surface area contributed by atoms with E-state index < -0.39 is 23.5 Å². The van der Waals surface area contributed by atoms with Crippen LogP contribution in [0.1, 0.15) is 35.2 Å². The van der Waals surface area contributed by atoms with Crippen LogP contribution in [-0.2, 0) is 22.6 Å². The van der Waals surface area contributed by atoms with Gasteiger partial charge in [0.05, 0.1) is 16.6 Å². The predicted octanol–water partition coefficient (Wildman–Crippen LogP) is 5.37. The fraction of sp³-hybridized carbons (Fsp3) is 0.154. The van der Waals surface area contributed by atoms with E-state index in [0.717, 1.165) is 12.0 Å². The van der Waals surface area contributed by atoms with Crippen LogP contribution in [0.5, 0.6) is 5.75 Å². The summed E-state index contributed by atoms with van der Waals surface area (Å²) >= 11 is 6.11. The normalized spacial score (nSPS) is 17.5. The summed E-state index contributed by atoms with van der Waals surface area (Å²) in [6.07, 6.45) is 0.815. The Morgan fingerprint density at radius 3 is 2.24 bits per heavy atom. The molecule has 1 fully saturated rings. The van der Waals surface area contributed by atoms with Crippen LogP contribution in [0.3, 0.4) is 0 Å². The second kappa shape index (κ2) is 9.08. The summed E-state index contributed by atoms with van der Waals surface area (Å²) in [5.41, 5.74) is 2.45. The molecule has 1 aliphatic rings. The SMILES string of the molecule is CCc1ccc(/C(O)=C2/C(=O)C(=O)N(Cc3ccc(F)cc3)C2c2ccc(O)c(Cl)c2)cc1. The van der Waals surface area contributed by atoms with Crippen molar-refractivity contribution in [2.24, 2.45) is 0 Å². The van der Waals surface area contributed by atoms with Gasteiger partial charge in [-0.15, -0.1) is 0 Å². The molecule has 0 bridgehead atoms. The highest BCUT2D eigenvalue weighted by atomic mass is 35.5. The number of benzene rings is 3. The number of likely N-dealkylation sites (tertiary alicyclic amines) is 1. The first-order chi connectivity index (χ1) is 15.8. The minimum absolute atomic E-state index is 0.0135. The van der Waals surface area contributed by atoms with Crippen LogP contribution in [-0.4, -0.2) is 26.8 Å². The summed E-state index contributed by atoms with van der Waals surface area (Å²) in [5, 5.41) is 21.0. The number of aliphatic hydroxyl groups is 1. The lowest BCUT2D eigenvalue weighted by molar-refractivity contribution is -0.140. The maximum absolute atomic E-state index is 13.4. The van der Waals surface area contributed by atoms with Crippen molar-refractivity contribution in [2.45, 2.75) is 25.9 Å². The van der Waals surface area contributed by atoms with Gasteiger partial charge in [-0.25, -0.2) is 4.39 Å². The van der Waals surface area contributed by atoms with Crippen molar-refractivity contribution in [3.63, 3.8) is 0 Å². The van der Waals surface area contributed by atoms with Crippen LogP contribution in [0.2, 0.25) is 5.02 Å². The molecule has 5 nitrogen and oxygen atoms in total. The highest BCUT2D eigenvalue weighted by Crippen LogP contribution is 2.42. The zero-order valence-corrected chi connectivity index (χ0v) is 18.5. The van der Waals surface area contributed by atoms with E-state index in [-0.39, 0.29) is 28.6 Å². The Kier molecular flexibility index (Phi) is 6.20. The van der Waals surface area contributed by atoms with E-state index >= 15 is 0 Å². The van der Waals surface area contributed by atoms with Crippen LogP contribution < -0.4 is 0 Å². The van der Waals surface area contributed by atoms with Crippen LogP contribution in [0.15, 0.2) is 72.3 Å². The van der Waals surface area contributed by atoms with Crippen molar-refractivity contribution >= 4 is 29.1 Å². The number of aliphatic hydroxyl groups excluding tert-OH is 1. The van der Waals surface area contributed by atoms with Gasteiger partial charge in [-0.1, -0.05) is 61.0 Å².